The molecule has 1 heterocycles. The van der Waals surface area contributed by atoms with Crippen LogP contribution in [0.2, 0.25) is 0 Å². The molecule has 0 bridgehead atoms. The van der Waals surface area contributed by atoms with Crippen LogP contribution in [0.3, 0.4) is 0 Å². The molecule has 2 nitrogen and oxygen atoms in total. The summed E-state index contributed by atoms with van der Waals surface area (Å²) >= 11 is 5.32. The summed E-state index contributed by atoms with van der Waals surface area (Å²) in [6.45, 7) is 6.49. The Balaban J connectivity index is 2.14. The van der Waals surface area contributed by atoms with Crippen LogP contribution in [0.15, 0.2) is 27.7 Å². The van der Waals surface area contributed by atoms with Crippen molar-refractivity contribution in [1.82, 2.24) is 0 Å². The Kier molecular flexibility index (Phi) is 3.83. The number of halogens is 1. The van der Waals surface area contributed by atoms with Crippen LogP contribution in [0, 0.1) is 6.92 Å². The highest BCUT2D eigenvalue weighted by atomic mass is 79.9. The van der Waals surface area contributed by atoms with Crippen LogP contribution >= 0.6 is 27.7 Å². The van der Waals surface area contributed by atoms with Crippen molar-refractivity contribution in [2.45, 2.75) is 32.7 Å². The molecule has 1 aromatic carbocycles. The van der Waals surface area contributed by atoms with Gasteiger partial charge in [-0.15, -0.1) is 0 Å². The fraction of sp³-hybridized carbons (Fsp3) is 0.462. The molecule has 92 valence electrons. The first-order valence-corrected chi connectivity index (χ1v) is 7.55. The lowest BCUT2D eigenvalue weighted by Crippen LogP contribution is -2.20. The minimum Gasteiger partial charge on any atom is -0.335 e. The van der Waals surface area contributed by atoms with Gasteiger partial charge in [0.2, 0.25) is 0 Å². The van der Waals surface area contributed by atoms with Crippen LogP contribution in [0.4, 0.5) is 5.69 Å². The fourth-order valence-electron chi connectivity index (χ4n) is 1.71. The maximum Gasteiger partial charge on any atom is 0.161 e. The first-order valence-electron chi connectivity index (χ1n) is 5.78. The molecule has 1 unspecified atom stereocenters. The fourth-order valence-corrected chi connectivity index (χ4v) is 3.51. The lowest BCUT2D eigenvalue weighted by molar-refractivity contribution is 0.523. The average molecular weight is 313 g/mol. The number of nitrogens with zero attached hydrogens (tertiary/aromatic N) is 1. The van der Waals surface area contributed by atoms with Crippen molar-refractivity contribution in [1.29, 1.82) is 0 Å². The summed E-state index contributed by atoms with van der Waals surface area (Å²) in [5, 5.41) is 4.43. The van der Waals surface area contributed by atoms with E-state index >= 15 is 0 Å². The molecule has 0 saturated heterocycles. The second kappa shape index (κ2) is 5.02. The molecule has 0 aliphatic carbocycles. The number of nitrogens with one attached hydrogen (secondary N) is 1. The van der Waals surface area contributed by atoms with Crippen molar-refractivity contribution in [3.8, 4) is 0 Å². The molecule has 0 spiro atoms. The molecule has 0 fully saturated rings. The van der Waals surface area contributed by atoms with Crippen LogP contribution in [0.5, 0.6) is 0 Å². The summed E-state index contributed by atoms with van der Waals surface area (Å²) in [6.07, 6.45) is 1.09. The van der Waals surface area contributed by atoms with Gasteiger partial charge in [0.1, 0.15) is 0 Å². The third kappa shape index (κ3) is 3.26. The molecule has 0 saturated carbocycles. The largest absolute Gasteiger partial charge is 0.335 e. The van der Waals surface area contributed by atoms with Crippen LogP contribution in [-0.2, 0) is 0 Å². The Morgan fingerprint density at radius 1 is 1.47 bits per heavy atom. The number of anilines is 1. The lowest BCUT2D eigenvalue weighted by Gasteiger charge is -2.15. The van der Waals surface area contributed by atoms with Gasteiger partial charge in [-0.25, -0.2) is 0 Å². The Hall–Kier alpha value is -0.480. The number of aliphatic imine (C=N–C) groups is 1. The van der Waals surface area contributed by atoms with E-state index in [2.05, 4.69) is 60.2 Å². The van der Waals surface area contributed by atoms with E-state index in [4.69, 9.17) is 4.99 Å². The van der Waals surface area contributed by atoms with Crippen LogP contribution in [0.1, 0.15) is 25.8 Å². The molecule has 1 aliphatic rings. The summed E-state index contributed by atoms with van der Waals surface area (Å²) in [5.41, 5.74) is 2.45. The van der Waals surface area contributed by atoms with E-state index in [9.17, 15) is 0 Å². The number of amidine groups is 1. The zero-order chi connectivity index (χ0) is 12.5. The van der Waals surface area contributed by atoms with Crippen LogP contribution in [-0.4, -0.2) is 16.5 Å². The van der Waals surface area contributed by atoms with Gasteiger partial charge in [-0.2, -0.15) is 0 Å². The summed E-state index contributed by atoms with van der Waals surface area (Å²) < 4.78 is 1.10. The molecule has 1 aliphatic heterocycles. The lowest BCUT2D eigenvalue weighted by atomic mass is 10.0. The molecule has 1 atom stereocenters. The number of thioether (sulfide) groups is 1. The van der Waals surface area contributed by atoms with Crippen molar-refractivity contribution >= 4 is 38.5 Å². The van der Waals surface area contributed by atoms with Gasteiger partial charge in [0.05, 0.1) is 5.54 Å². The quantitative estimate of drug-likeness (QED) is 0.873. The van der Waals surface area contributed by atoms with E-state index in [0.717, 1.165) is 27.5 Å². The predicted octanol–water partition coefficient (Wildman–Crippen LogP) is 4.44. The third-order valence-electron chi connectivity index (χ3n) is 2.95. The highest BCUT2D eigenvalue weighted by Gasteiger charge is 2.28. The van der Waals surface area contributed by atoms with Gasteiger partial charge in [0.25, 0.3) is 0 Å². The van der Waals surface area contributed by atoms with E-state index in [-0.39, 0.29) is 5.54 Å². The molecule has 1 aromatic rings. The SMILES string of the molecule is CCC1(C)CSC(Nc2cc(C)cc(Br)c2)=N1. The summed E-state index contributed by atoms with van der Waals surface area (Å²) in [5.74, 6) is 1.07. The average Bonchev–Trinajstić information content (AvgIpc) is 2.59. The third-order valence-corrected chi connectivity index (χ3v) is 4.64. The summed E-state index contributed by atoms with van der Waals surface area (Å²) in [4.78, 5) is 4.75. The molecular formula is C13H17BrN2S. The smallest absolute Gasteiger partial charge is 0.161 e. The molecule has 0 aromatic heterocycles. The Morgan fingerprint density at radius 2 is 2.24 bits per heavy atom. The number of hydrogen-bond acceptors (Lipinski definition) is 3. The second-order valence-corrected chi connectivity index (χ2v) is 6.58. The van der Waals surface area contributed by atoms with Gasteiger partial charge in [0.15, 0.2) is 5.17 Å². The standard InChI is InChI=1S/C13H17BrN2S/c1-4-13(3)8-17-12(16-13)15-11-6-9(2)5-10(14)7-11/h5-7H,4,8H2,1-3H3,(H,15,16). The van der Waals surface area contributed by atoms with E-state index in [1.165, 1.54) is 5.56 Å². The van der Waals surface area contributed by atoms with E-state index in [1.807, 2.05) is 0 Å². The van der Waals surface area contributed by atoms with Gasteiger partial charge in [0, 0.05) is 15.9 Å². The van der Waals surface area contributed by atoms with E-state index < -0.39 is 0 Å². The van der Waals surface area contributed by atoms with Crippen molar-refractivity contribution in [3.05, 3.63) is 28.2 Å². The number of rotatable bonds is 2. The predicted molar refractivity (Wildman–Crippen MR) is 81.1 cm³/mol. The van der Waals surface area contributed by atoms with Gasteiger partial charge >= 0.3 is 0 Å². The highest BCUT2D eigenvalue weighted by Crippen LogP contribution is 2.31. The number of aryl methyl sites for hydroxylation is 1. The number of hydrogen-bond donors (Lipinski definition) is 1. The molecule has 17 heavy (non-hydrogen) atoms. The van der Waals surface area contributed by atoms with Crippen LogP contribution in [0.25, 0.3) is 0 Å². The highest BCUT2D eigenvalue weighted by molar-refractivity contribution is 9.10. The monoisotopic (exact) mass is 312 g/mol. The molecular weight excluding hydrogens is 296 g/mol. The van der Waals surface area contributed by atoms with E-state index in [1.54, 1.807) is 11.8 Å². The van der Waals surface area contributed by atoms with Crippen molar-refractivity contribution in [3.63, 3.8) is 0 Å². The minimum atomic E-state index is 0.105. The van der Waals surface area contributed by atoms with E-state index in [0.29, 0.717) is 0 Å². The molecule has 4 heteroatoms. The Bertz CT molecular complexity index is 438. The summed E-state index contributed by atoms with van der Waals surface area (Å²) in [6, 6.07) is 6.32. The number of benzene rings is 1. The van der Waals surface area contributed by atoms with Crippen LogP contribution < -0.4 is 5.32 Å². The maximum absolute atomic E-state index is 4.75. The topological polar surface area (TPSA) is 24.4 Å². The van der Waals surface area contributed by atoms with Gasteiger partial charge in [-0.1, -0.05) is 34.6 Å². The second-order valence-electron chi connectivity index (χ2n) is 4.70. The molecule has 0 radical (unpaired) electrons. The zero-order valence-corrected chi connectivity index (χ0v) is 12.8. The van der Waals surface area contributed by atoms with Crippen molar-refractivity contribution < 1.29 is 0 Å². The van der Waals surface area contributed by atoms with Gasteiger partial charge < -0.3 is 5.32 Å². The maximum atomic E-state index is 4.75. The first kappa shape index (κ1) is 13.0. The molecule has 2 rings (SSSR count). The molecule has 0 amide bonds. The summed E-state index contributed by atoms with van der Waals surface area (Å²) in [7, 11) is 0. The van der Waals surface area contributed by atoms with Crippen molar-refractivity contribution in [2.24, 2.45) is 4.99 Å². The van der Waals surface area contributed by atoms with Gasteiger partial charge in [-0.3, -0.25) is 4.99 Å². The zero-order valence-electron chi connectivity index (χ0n) is 10.4. The minimum absolute atomic E-state index is 0.105. The normalized spacial score (nSPS) is 23.6. The Morgan fingerprint density at radius 3 is 2.82 bits per heavy atom. The van der Waals surface area contributed by atoms with Crippen molar-refractivity contribution in [2.75, 3.05) is 11.1 Å². The Labute approximate surface area is 115 Å². The van der Waals surface area contributed by atoms with Gasteiger partial charge in [-0.05, 0) is 44.0 Å². The first-order chi connectivity index (χ1) is 8.00. The molecule has 1 N–H and O–H groups in total.